The zero-order valence-corrected chi connectivity index (χ0v) is 17.3. The lowest BCUT2D eigenvalue weighted by atomic mass is 10.2. The Morgan fingerprint density at radius 1 is 1.31 bits per heavy atom. The summed E-state index contributed by atoms with van der Waals surface area (Å²) in [6.07, 6.45) is 2.03. The van der Waals surface area contributed by atoms with Crippen molar-refractivity contribution < 1.29 is 13.9 Å². The Balaban J connectivity index is 1.56. The Hall–Kier alpha value is -2.90. The van der Waals surface area contributed by atoms with Crippen molar-refractivity contribution in [2.24, 2.45) is 0 Å². The van der Waals surface area contributed by atoms with Gasteiger partial charge in [0.2, 0.25) is 5.91 Å². The van der Waals surface area contributed by atoms with E-state index < -0.39 is 0 Å². The molecule has 0 unspecified atom stereocenters. The van der Waals surface area contributed by atoms with Crippen molar-refractivity contribution in [2.75, 3.05) is 12.4 Å². The van der Waals surface area contributed by atoms with E-state index in [0.29, 0.717) is 16.5 Å². The molecule has 4 aromatic rings. The van der Waals surface area contributed by atoms with Crippen LogP contribution in [0.1, 0.15) is 11.3 Å². The number of imidazole rings is 1. The zero-order valence-electron chi connectivity index (χ0n) is 15.7. The number of halogens is 2. The highest BCUT2D eigenvalue weighted by Crippen LogP contribution is 2.31. The first-order valence-electron chi connectivity index (χ1n) is 8.80. The molecule has 0 radical (unpaired) electrons. The van der Waals surface area contributed by atoms with Crippen LogP contribution in [0, 0.1) is 12.7 Å². The summed E-state index contributed by atoms with van der Waals surface area (Å²) in [4.78, 5) is 18.0. The topological polar surface area (TPSA) is 55.6 Å². The molecule has 0 bridgehead atoms. The third-order valence-corrected chi connectivity index (χ3v) is 5.82. The normalized spacial score (nSPS) is 11.0. The second-order valence-electron chi connectivity index (χ2n) is 6.54. The highest BCUT2D eigenvalue weighted by molar-refractivity contribution is 7.15. The quantitative estimate of drug-likeness (QED) is 0.465. The Morgan fingerprint density at radius 3 is 2.79 bits per heavy atom. The van der Waals surface area contributed by atoms with E-state index in [2.05, 4.69) is 10.3 Å². The van der Waals surface area contributed by atoms with Crippen LogP contribution in [0.3, 0.4) is 0 Å². The Labute approximate surface area is 175 Å². The third kappa shape index (κ3) is 3.97. The highest BCUT2D eigenvalue weighted by atomic mass is 35.5. The average molecular weight is 430 g/mol. The number of carbonyl (C=O) groups is 1. The number of carbonyl (C=O) groups excluding carboxylic acids is 1. The van der Waals surface area contributed by atoms with Gasteiger partial charge in [-0.05, 0) is 42.8 Å². The summed E-state index contributed by atoms with van der Waals surface area (Å²) in [5, 5.41) is 5.36. The standard InChI is InChI=1S/C21H17ClFN3O2S/c1-12-7-17(19(28-2)9-16(12)22)24-20(27)8-15-11-29-21-25-18(10-26(15)21)13-3-5-14(23)6-4-13/h3-7,9-11H,8H2,1-2H3,(H,24,27). The molecule has 0 atom stereocenters. The van der Waals surface area contributed by atoms with Crippen LogP contribution >= 0.6 is 22.9 Å². The van der Waals surface area contributed by atoms with Crippen LogP contribution in [0.2, 0.25) is 5.02 Å². The first-order chi connectivity index (χ1) is 13.9. The van der Waals surface area contributed by atoms with E-state index in [9.17, 15) is 9.18 Å². The molecule has 29 heavy (non-hydrogen) atoms. The predicted molar refractivity (Wildman–Crippen MR) is 114 cm³/mol. The van der Waals surface area contributed by atoms with Crippen LogP contribution in [0.4, 0.5) is 10.1 Å². The maximum atomic E-state index is 13.2. The number of amides is 1. The number of fused-ring (bicyclic) bond motifs is 1. The van der Waals surface area contributed by atoms with Gasteiger partial charge >= 0.3 is 0 Å². The van der Waals surface area contributed by atoms with Gasteiger partial charge in [-0.25, -0.2) is 9.37 Å². The number of rotatable bonds is 5. The summed E-state index contributed by atoms with van der Waals surface area (Å²) in [6.45, 7) is 1.86. The first-order valence-corrected chi connectivity index (χ1v) is 10.1. The largest absolute Gasteiger partial charge is 0.495 e. The van der Waals surface area contributed by atoms with Gasteiger partial charge in [-0.3, -0.25) is 9.20 Å². The number of methoxy groups -OCH3 is 1. The maximum Gasteiger partial charge on any atom is 0.230 e. The molecule has 1 amide bonds. The van der Waals surface area contributed by atoms with Gasteiger partial charge in [-0.1, -0.05) is 11.6 Å². The number of anilines is 1. The molecule has 0 aliphatic heterocycles. The van der Waals surface area contributed by atoms with Gasteiger partial charge in [0.1, 0.15) is 11.6 Å². The first kappa shape index (κ1) is 19.4. The smallest absolute Gasteiger partial charge is 0.230 e. The Bertz CT molecular complexity index is 1200. The second-order valence-corrected chi connectivity index (χ2v) is 7.78. The summed E-state index contributed by atoms with van der Waals surface area (Å²) in [5.74, 6) is 0.0346. The molecule has 2 aromatic heterocycles. The zero-order chi connectivity index (χ0) is 20.5. The number of hydrogen-bond acceptors (Lipinski definition) is 4. The molecule has 1 N–H and O–H groups in total. The molecule has 0 saturated carbocycles. The number of thiazole rings is 1. The van der Waals surface area contributed by atoms with Gasteiger partial charge in [0.05, 0.1) is 24.9 Å². The fourth-order valence-corrected chi connectivity index (χ4v) is 4.03. The number of ether oxygens (including phenoxy) is 1. The van der Waals surface area contributed by atoms with E-state index in [1.807, 2.05) is 22.9 Å². The van der Waals surface area contributed by atoms with E-state index in [-0.39, 0.29) is 18.1 Å². The third-order valence-electron chi connectivity index (χ3n) is 4.52. The molecule has 8 heteroatoms. The monoisotopic (exact) mass is 429 g/mol. The van der Waals surface area contributed by atoms with E-state index in [1.165, 1.54) is 30.6 Å². The van der Waals surface area contributed by atoms with Gasteiger partial charge < -0.3 is 10.1 Å². The lowest BCUT2D eigenvalue weighted by molar-refractivity contribution is -0.115. The molecule has 5 nitrogen and oxygen atoms in total. The lowest BCUT2D eigenvalue weighted by Gasteiger charge is -2.12. The fraction of sp³-hybridized carbons (Fsp3) is 0.143. The molecule has 0 aliphatic carbocycles. The molecular formula is C21H17ClFN3O2S. The van der Waals surface area contributed by atoms with E-state index in [1.54, 1.807) is 24.3 Å². The number of benzene rings is 2. The number of aromatic nitrogens is 2. The second kappa shape index (κ2) is 7.85. The molecular weight excluding hydrogens is 413 g/mol. The van der Waals surface area contributed by atoms with Crippen molar-refractivity contribution >= 4 is 39.5 Å². The minimum absolute atomic E-state index is 0.171. The summed E-state index contributed by atoms with van der Waals surface area (Å²) in [7, 11) is 1.53. The van der Waals surface area contributed by atoms with E-state index in [4.69, 9.17) is 16.3 Å². The van der Waals surface area contributed by atoms with Gasteiger partial charge in [0.25, 0.3) is 0 Å². The van der Waals surface area contributed by atoms with Crippen molar-refractivity contribution in [1.82, 2.24) is 9.38 Å². The van der Waals surface area contributed by atoms with Crippen molar-refractivity contribution in [3.63, 3.8) is 0 Å². The van der Waals surface area contributed by atoms with Crippen LogP contribution in [-0.2, 0) is 11.2 Å². The minimum Gasteiger partial charge on any atom is -0.495 e. The summed E-state index contributed by atoms with van der Waals surface area (Å²) < 4.78 is 20.3. The number of nitrogens with one attached hydrogen (secondary N) is 1. The van der Waals surface area contributed by atoms with Gasteiger partial charge in [-0.15, -0.1) is 11.3 Å². The van der Waals surface area contributed by atoms with Crippen molar-refractivity contribution in [3.8, 4) is 17.0 Å². The van der Waals surface area contributed by atoms with Crippen molar-refractivity contribution in [1.29, 1.82) is 0 Å². The average Bonchev–Trinajstić information content (AvgIpc) is 3.27. The summed E-state index contributed by atoms with van der Waals surface area (Å²) in [6, 6.07) is 9.64. The van der Waals surface area contributed by atoms with Crippen molar-refractivity contribution in [3.05, 3.63) is 70.1 Å². The van der Waals surface area contributed by atoms with Crippen LogP contribution in [-0.4, -0.2) is 22.4 Å². The van der Waals surface area contributed by atoms with Gasteiger partial charge in [-0.2, -0.15) is 0 Å². The predicted octanol–water partition coefficient (Wildman–Crippen LogP) is 5.35. The molecule has 2 heterocycles. The van der Waals surface area contributed by atoms with Gasteiger partial charge in [0, 0.05) is 33.9 Å². The Morgan fingerprint density at radius 2 is 2.07 bits per heavy atom. The molecule has 0 saturated heterocycles. The van der Waals surface area contributed by atoms with Crippen LogP contribution < -0.4 is 10.1 Å². The van der Waals surface area contributed by atoms with Gasteiger partial charge in [0.15, 0.2) is 4.96 Å². The molecule has 0 aliphatic rings. The SMILES string of the molecule is COc1cc(Cl)c(C)cc1NC(=O)Cc1csc2nc(-c3ccc(F)cc3)cn12. The van der Waals surface area contributed by atoms with Crippen molar-refractivity contribution in [2.45, 2.75) is 13.3 Å². The van der Waals surface area contributed by atoms with Crippen LogP contribution in [0.15, 0.2) is 48.0 Å². The Kier molecular flexibility index (Phi) is 5.25. The van der Waals surface area contributed by atoms with Crippen LogP contribution in [0.5, 0.6) is 5.75 Å². The van der Waals surface area contributed by atoms with Crippen LogP contribution in [0.25, 0.3) is 16.2 Å². The molecule has 0 spiro atoms. The van der Waals surface area contributed by atoms with E-state index in [0.717, 1.165) is 27.5 Å². The highest BCUT2D eigenvalue weighted by Gasteiger charge is 2.15. The molecule has 4 rings (SSSR count). The summed E-state index contributed by atoms with van der Waals surface area (Å²) in [5.41, 5.74) is 3.78. The molecule has 2 aromatic carbocycles. The number of hydrogen-bond donors (Lipinski definition) is 1. The maximum absolute atomic E-state index is 13.2. The molecule has 0 fully saturated rings. The van der Waals surface area contributed by atoms with E-state index >= 15 is 0 Å². The lowest BCUT2D eigenvalue weighted by Crippen LogP contribution is -2.16. The molecule has 148 valence electrons. The summed E-state index contributed by atoms with van der Waals surface area (Å²) >= 11 is 7.57. The number of nitrogens with zero attached hydrogens (tertiary/aromatic N) is 2. The fourth-order valence-electron chi connectivity index (χ4n) is 3.00. The minimum atomic E-state index is -0.292. The number of aryl methyl sites for hydroxylation is 1.